The minimum Gasteiger partial charge on any atom is -0.714 e. The van der Waals surface area contributed by atoms with Crippen molar-refractivity contribution in [3.05, 3.63) is 64.9 Å². The van der Waals surface area contributed by atoms with Crippen LogP contribution in [0.2, 0.25) is 0 Å². The largest absolute Gasteiger partial charge is 0.714 e. The number of nitrogens with zero attached hydrogens (tertiary/aromatic N) is 4. The summed E-state index contributed by atoms with van der Waals surface area (Å²) in [5, 5.41) is 52.5. The molecular weight excluding hydrogens is 560 g/mol. The van der Waals surface area contributed by atoms with Crippen LogP contribution in [0.5, 0.6) is 11.5 Å². The van der Waals surface area contributed by atoms with Crippen molar-refractivity contribution >= 4 is 23.6 Å². The van der Waals surface area contributed by atoms with Crippen molar-refractivity contribution in [2.75, 3.05) is 13.2 Å². The minimum absolute atomic E-state index is 0.153. The molecule has 0 aliphatic carbocycles. The molecule has 0 bridgehead atoms. The molecule has 0 aromatic heterocycles. The smallest absolute Gasteiger partial charge is 0.341 e. The van der Waals surface area contributed by atoms with E-state index in [1.165, 1.54) is 5.06 Å². The van der Waals surface area contributed by atoms with Crippen LogP contribution in [0.1, 0.15) is 66.5 Å². The second-order valence-corrected chi connectivity index (χ2v) is 12.3. The summed E-state index contributed by atoms with van der Waals surface area (Å²) in [4.78, 5) is 25.5. The first-order chi connectivity index (χ1) is 19.7. The topological polar surface area (TPSA) is 178 Å². The molecule has 4 rings (SSSR count). The zero-order valence-electron chi connectivity index (χ0n) is 25.7. The fraction of sp³-hybridized carbons (Fsp3) is 0.467. The molecule has 0 fully saturated rings. The minimum atomic E-state index is -1.06. The Hall–Kier alpha value is -4.36. The molecule has 0 saturated carbocycles. The number of amidine groups is 2. The molecule has 2 heterocycles. The van der Waals surface area contributed by atoms with Crippen LogP contribution >= 0.6 is 0 Å². The van der Waals surface area contributed by atoms with Gasteiger partial charge in [0, 0.05) is 5.56 Å². The van der Waals surface area contributed by atoms with Crippen LogP contribution in [-0.2, 0) is 9.59 Å². The van der Waals surface area contributed by atoms with Crippen LogP contribution in [0, 0.1) is 5.21 Å². The van der Waals surface area contributed by atoms with Gasteiger partial charge in [-0.2, -0.15) is 0 Å². The highest BCUT2D eigenvalue weighted by Crippen LogP contribution is 2.38. The van der Waals surface area contributed by atoms with Crippen molar-refractivity contribution in [1.82, 2.24) is 10.1 Å². The molecule has 0 spiro atoms. The summed E-state index contributed by atoms with van der Waals surface area (Å²) in [6, 6.07) is 13.2. The van der Waals surface area contributed by atoms with E-state index >= 15 is 0 Å². The summed E-state index contributed by atoms with van der Waals surface area (Å²) in [6.07, 6.45) is 0. The van der Waals surface area contributed by atoms with Gasteiger partial charge in [-0.05, 0) is 104 Å². The van der Waals surface area contributed by atoms with Gasteiger partial charge in [0.05, 0.1) is 16.6 Å². The van der Waals surface area contributed by atoms with Crippen molar-refractivity contribution in [3.63, 3.8) is 0 Å². The van der Waals surface area contributed by atoms with Gasteiger partial charge in [-0.25, -0.2) is 19.9 Å². The molecule has 0 unspecified atom stereocenters. The Kier molecular flexibility index (Phi) is 9.04. The molecule has 2 aliphatic heterocycles. The Morgan fingerprint density at radius 2 is 1.16 bits per heavy atom. The highest BCUT2D eigenvalue weighted by atomic mass is 16.5. The number of aliphatic carboxylic acids is 2. The zero-order valence-corrected chi connectivity index (χ0v) is 25.7. The van der Waals surface area contributed by atoms with Crippen LogP contribution in [0.4, 0.5) is 0 Å². The third kappa shape index (κ3) is 6.37. The summed E-state index contributed by atoms with van der Waals surface area (Å²) in [5.74, 6) is -0.600. The second kappa shape index (κ2) is 11.7. The number of carbonyl (C=O) groups is 2. The van der Waals surface area contributed by atoms with E-state index in [2.05, 4.69) is 4.99 Å². The molecule has 0 atom stereocenters. The van der Waals surface area contributed by atoms with E-state index in [9.17, 15) is 25.2 Å². The monoisotopic (exact) mass is 600 g/mol. The number of aliphatic imine (C=N–C) groups is 1. The van der Waals surface area contributed by atoms with E-state index in [4.69, 9.17) is 19.7 Å². The molecule has 13 heteroatoms. The number of hydrogen-bond acceptors (Lipinski definition) is 10. The maximum atomic E-state index is 12.5. The molecule has 2 aromatic rings. The van der Waals surface area contributed by atoms with E-state index in [1.807, 2.05) is 27.7 Å². The van der Waals surface area contributed by atoms with Gasteiger partial charge in [-0.1, -0.05) is 0 Å². The quantitative estimate of drug-likeness (QED) is 0.256. The van der Waals surface area contributed by atoms with Gasteiger partial charge in [0.25, 0.3) is 0 Å². The van der Waals surface area contributed by atoms with Crippen molar-refractivity contribution in [1.29, 1.82) is 0 Å². The average molecular weight is 601 g/mol. The Morgan fingerprint density at radius 1 is 0.744 bits per heavy atom. The van der Waals surface area contributed by atoms with Gasteiger partial charge in [-0.15, -0.1) is 5.06 Å². The number of rotatable bonds is 8. The van der Waals surface area contributed by atoms with Crippen LogP contribution < -0.4 is 9.47 Å². The van der Waals surface area contributed by atoms with Crippen LogP contribution in [-0.4, -0.2) is 94.5 Å². The fourth-order valence-electron chi connectivity index (χ4n) is 4.21. The number of hydrogen-bond donors (Lipinski definition) is 4. The van der Waals surface area contributed by atoms with Gasteiger partial charge in [-0.3, -0.25) is 14.9 Å². The maximum absolute atomic E-state index is 12.5. The molecule has 2 aliphatic rings. The Labute approximate surface area is 250 Å². The SMILES string of the molecule is CC1(C)N(O)C(c2ccc(OCC(=O)O)cc2)=[N+]([O-])C1(C)C.CC1(C)N=C(c2ccc(OCC(=O)O)cc2)N(O)C1(C)C. The molecule has 0 amide bonds. The molecule has 13 nitrogen and oxygen atoms in total. The maximum Gasteiger partial charge on any atom is 0.341 e. The zero-order chi connectivity index (χ0) is 32.5. The molecular formula is C30H40N4O9. The first-order valence-electron chi connectivity index (χ1n) is 13.6. The third-order valence-corrected chi connectivity index (χ3v) is 8.49. The molecule has 4 N–H and O–H groups in total. The van der Waals surface area contributed by atoms with E-state index in [0.29, 0.717) is 22.9 Å². The summed E-state index contributed by atoms with van der Waals surface area (Å²) < 4.78 is 10.9. The Bertz CT molecular complexity index is 1410. The number of carboxylic acid groups (broad SMARTS) is 2. The van der Waals surface area contributed by atoms with Crippen molar-refractivity contribution in [3.8, 4) is 11.5 Å². The molecule has 0 radical (unpaired) electrons. The van der Waals surface area contributed by atoms with E-state index < -0.39 is 40.7 Å². The molecule has 2 aromatic carbocycles. The molecule has 0 saturated heterocycles. The highest BCUT2D eigenvalue weighted by Gasteiger charge is 2.58. The second-order valence-electron chi connectivity index (χ2n) is 12.3. The van der Waals surface area contributed by atoms with Crippen molar-refractivity contribution in [2.45, 2.75) is 77.5 Å². The summed E-state index contributed by atoms with van der Waals surface area (Å²) in [6.45, 7) is 14.1. The summed E-state index contributed by atoms with van der Waals surface area (Å²) >= 11 is 0. The molecule has 43 heavy (non-hydrogen) atoms. The molecule has 234 valence electrons. The predicted molar refractivity (Wildman–Crippen MR) is 157 cm³/mol. The third-order valence-electron chi connectivity index (χ3n) is 8.49. The number of hydroxylamine groups is 5. The van der Waals surface area contributed by atoms with Gasteiger partial charge in [0.1, 0.15) is 17.0 Å². The van der Waals surface area contributed by atoms with E-state index in [0.717, 1.165) is 15.4 Å². The standard InChI is InChI=1S/C15H20N2O5.C15H20N2O4/c1-14(2)15(3,4)17(21)13(16(14)20)10-5-7-11(8-6-10)22-9-12(18)19;1-14(2)15(3,4)17(20)13(16-14)10-5-7-11(8-6-10)21-9-12(18)19/h5-8,20H,9H2,1-4H3,(H,18,19);5-8,20H,9H2,1-4H3,(H,18,19). The van der Waals surface area contributed by atoms with Gasteiger partial charge in [0.15, 0.2) is 24.6 Å². The van der Waals surface area contributed by atoms with E-state index in [1.54, 1.807) is 76.2 Å². The lowest BCUT2D eigenvalue weighted by Gasteiger charge is -2.36. The lowest BCUT2D eigenvalue weighted by molar-refractivity contribution is -0.539. The Balaban J connectivity index is 0.000000236. The van der Waals surface area contributed by atoms with E-state index in [-0.39, 0.29) is 12.4 Å². The first kappa shape index (κ1) is 33.1. The number of ether oxygens (including phenoxy) is 2. The summed E-state index contributed by atoms with van der Waals surface area (Å²) in [5.41, 5.74) is -1.23. The van der Waals surface area contributed by atoms with Crippen molar-refractivity contribution in [2.24, 2.45) is 4.99 Å². The van der Waals surface area contributed by atoms with Crippen molar-refractivity contribution < 1.29 is 44.4 Å². The normalized spacial score (nSPS) is 19.3. The van der Waals surface area contributed by atoms with Crippen LogP contribution in [0.25, 0.3) is 0 Å². The lowest BCUT2D eigenvalue weighted by atomic mass is 9.84. The lowest BCUT2D eigenvalue weighted by Crippen LogP contribution is -2.53. The Morgan fingerprint density at radius 3 is 1.49 bits per heavy atom. The highest BCUT2D eigenvalue weighted by molar-refractivity contribution is 6.00. The van der Waals surface area contributed by atoms with Crippen LogP contribution in [0.15, 0.2) is 53.5 Å². The fourth-order valence-corrected chi connectivity index (χ4v) is 4.21. The van der Waals surface area contributed by atoms with Crippen LogP contribution in [0.3, 0.4) is 0 Å². The summed E-state index contributed by atoms with van der Waals surface area (Å²) in [7, 11) is 0. The van der Waals surface area contributed by atoms with Gasteiger partial charge < -0.3 is 24.9 Å². The van der Waals surface area contributed by atoms with Gasteiger partial charge >= 0.3 is 17.8 Å². The predicted octanol–water partition coefficient (Wildman–Crippen LogP) is 3.83. The number of benzene rings is 2. The first-order valence-corrected chi connectivity index (χ1v) is 13.6. The van der Waals surface area contributed by atoms with Gasteiger partial charge in [0.2, 0.25) is 0 Å². The average Bonchev–Trinajstić information content (AvgIpc) is 3.17. The number of carboxylic acids is 2.